The summed E-state index contributed by atoms with van der Waals surface area (Å²) in [4.78, 5) is 0. The van der Waals surface area contributed by atoms with Gasteiger partial charge in [0, 0.05) is 18.0 Å². The third-order valence-corrected chi connectivity index (χ3v) is 4.44. The number of hydrogen-bond acceptors (Lipinski definition) is 1. The molecule has 3 rings (SSSR count). The Hall–Kier alpha value is -0.820. The predicted molar refractivity (Wildman–Crippen MR) is 72.5 cm³/mol. The fourth-order valence-electron chi connectivity index (χ4n) is 3.30. The van der Waals surface area contributed by atoms with E-state index >= 15 is 0 Å². The fraction of sp³-hybridized carbons (Fsp3) is 0.625. The molecule has 1 N–H and O–H groups in total. The Morgan fingerprint density at radius 2 is 1.76 bits per heavy atom. The zero-order chi connectivity index (χ0) is 11.8. The molecule has 1 heteroatoms. The quantitative estimate of drug-likeness (QED) is 0.831. The van der Waals surface area contributed by atoms with Crippen LogP contribution in [0.5, 0.6) is 0 Å². The highest BCUT2D eigenvalue weighted by molar-refractivity contribution is 5.31. The fourth-order valence-corrected chi connectivity index (χ4v) is 3.30. The lowest BCUT2D eigenvalue weighted by molar-refractivity contribution is 0.517. The van der Waals surface area contributed by atoms with Gasteiger partial charge in [0.05, 0.1) is 0 Å². The van der Waals surface area contributed by atoms with Crippen LogP contribution in [-0.2, 0) is 0 Å². The van der Waals surface area contributed by atoms with Gasteiger partial charge in [-0.15, -0.1) is 0 Å². The van der Waals surface area contributed by atoms with Crippen molar-refractivity contribution in [2.75, 3.05) is 0 Å². The second-order valence-electron chi connectivity index (χ2n) is 5.87. The normalized spacial score (nSPS) is 32.9. The summed E-state index contributed by atoms with van der Waals surface area (Å²) < 4.78 is 0. The van der Waals surface area contributed by atoms with Gasteiger partial charge in [-0.3, -0.25) is 0 Å². The molecule has 2 aliphatic rings. The van der Waals surface area contributed by atoms with Crippen LogP contribution >= 0.6 is 0 Å². The molecule has 2 fully saturated rings. The van der Waals surface area contributed by atoms with Crippen LogP contribution < -0.4 is 5.32 Å². The summed E-state index contributed by atoms with van der Waals surface area (Å²) in [6.45, 7) is 4.60. The number of rotatable bonds is 3. The van der Waals surface area contributed by atoms with Crippen molar-refractivity contribution in [3.8, 4) is 0 Å². The second kappa shape index (κ2) is 4.45. The van der Waals surface area contributed by atoms with E-state index in [2.05, 4.69) is 43.4 Å². The van der Waals surface area contributed by atoms with E-state index in [4.69, 9.17) is 0 Å². The SMILES string of the molecule is CCC1NC(C)CC1c1ccc(C2CC2)cc1. The van der Waals surface area contributed by atoms with Crippen LogP contribution in [0, 0.1) is 0 Å². The van der Waals surface area contributed by atoms with Crippen LogP contribution in [-0.4, -0.2) is 12.1 Å². The molecular formula is C16H23N. The van der Waals surface area contributed by atoms with E-state index < -0.39 is 0 Å². The highest BCUT2D eigenvalue weighted by Crippen LogP contribution is 2.41. The number of hydrogen-bond donors (Lipinski definition) is 1. The van der Waals surface area contributed by atoms with Gasteiger partial charge in [-0.1, -0.05) is 31.2 Å². The largest absolute Gasteiger partial charge is 0.311 e. The molecule has 1 saturated carbocycles. The van der Waals surface area contributed by atoms with Crippen molar-refractivity contribution in [3.63, 3.8) is 0 Å². The lowest BCUT2D eigenvalue weighted by Gasteiger charge is -2.18. The van der Waals surface area contributed by atoms with Crippen LogP contribution in [0.15, 0.2) is 24.3 Å². The lowest BCUT2D eigenvalue weighted by Crippen LogP contribution is -2.28. The Morgan fingerprint density at radius 3 is 2.35 bits per heavy atom. The van der Waals surface area contributed by atoms with Crippen molar-refractivity contribution in [3.05, 3.63) is 35.4 Å². The third-order valence-electron chi connectivity index (χ3n) is 4.44. The maximum Gasteiger partial charge on any atom is 0.0136 e. The van der Waals surface area contributed by atoms with Gasteiger partial charge in [-0.2, -0.15) is 0 Å². The van der Waals surface area contributed by atoms with Gasteiger partial charge in [0.15, 0.2) is 0 Å². The van der Waals surface area contributed by atoms with E-state index in [1.165, 1.54) is 31.2 Å². The van der Waals surface area contributed by atoms with E-state index in [9.17, 15) is 0 Å². The molecule has 92 valence electrons. The number of benzene rings is 1. The highest BCUT2D eigenvalue weighted by atomic mass is 15.0. The molecule has 1 saturated heterocycles. The Labute approximate surface area is 105 Å². The second-order valence-corrected chi connectivity index (χ2v) is 5.87. The smallest absolute Gasteiger partial charge is 0.0136 e. The molecule has 3 atom stereocenters. The van der Waals surface area contributed by atoms with Crippen molar-refractivity contribution in [1.29, 1.82) is 0 Å². The van der Waals surface area contributed by atoms with Crippen LogP contribution in [0.2, 0.25) is 0 Å². The first-order chi connectivity index (χ1) is 8.28. The standard InChI is InChI=1S/C16H23N/c1-3-16-15(10-11(2)17-16)14-8-6-13(7-9-14)12-4-5-12/h6-9,11-12,15-17H,3-5,10H2,1-2H3. The molecule has 1 aromatic carbocycles. The van der Waals surface area contributed by atoms with E-state index in [-0.39, 0.29) is 0 Å². The maximum absolute atomic E-state index is 3.70. The van der Waals surface area contributed by atoms with Crippen LogP contribution in [0.1, 0.15) is 62.5 Å². The molecule has 17 heavy (non-hydrogen) atoms. The van der Waals surface area contributed by atoms with Gasteiger partial charge in [-0.05, 0) is 49.7 Å². The van der Waals surface area contributed by atoms with Gasteiger partial charge in [0.25, 0.3) is 0 Å². The Bertz CT molecular complexity index is 377. The first kappa shape index (κ1) is 11.3. The molecule has 0 spiro atoms. The van der Waals surface area contributed by atoms with Crippen molar-refractivity contribution in [1.82, 2.24) is 5.32 Å². The van der Waals surface area contributed by atoms with Gasteiger partial charge >= 0.3 is 0 Å². The highest BCUT2D eigenvalue weighted by Gasteiger charge is 2.31. The Kier molecular flexibility index (Phi) is 2.96. The Balaban J connectivity index is 1.78. The van der Waals surface area contributed by atoms with E-state index in [0.717, 1.165) is 11.8 Å². The number of nitrogens with one attached hydrogen (secondary N) is 1. The van der Waals surface area contributed by atoms with Crippen LogP contribution in [0.4, 0.5) is 0 Å². The topological polar surface area (TPSA) is 12.0 Å². The van der Waals surface area contributed by atoms with Crippen molar-refractivity contribution in [2.24, 2.45) is 0 Å². The minimum absolute atomic E-state index is 0.674. The first-order valence-electron chi connectivity index (χ1n) is 7.14. The average Bonchev–Trinajstić information content (AvgIpc) is 3.13. The van der Waals surface area contributed by atoms with E-state index in [1.807, 2.05) is 0 Å². The molecule has 0 radical (unpaired) electrons. The summed E-state index contributed by atoms with van der Waals surface area (Å²) >= 11 is 0. The Morgan fingerprint density at radius 1 is 1.12 bits per heavy atom. The van der Waals surface area contributed by atoms with Crippen LogP contribution in [0.3, 0.4) is 0 Å². The summed E-state index contributed by atoms with van der Waals surface area (Å²) in [5.41, 5.74) is 3.10. The zero-order valence-corrected chi connectivity index (χ0v) is 10.9. The monoisotopic (exact) mass is 229 g/mol. The van der Waals surface area contributed by atoms with Crippen molar-refractivity contribution < 1.29 is 0 Å². The molecule has 1 heterocycles. The molecule has 1 aromatic rings. The third kappa shape index (κ3) is 2.26. The lowest BCUT2D eigenvalue weighted by atomic mass is 9.89. The van der Waals surface area contributed by atoms with E-state index in [0.29, 0.717) is 12.1 Å². The molecule has 0 amide bonds. The van der Waals surface area contributed by atoms with Crippen molar-refractivity contribution in [2.45, 2.75) is 63.5 Å². The first-order valence-corrected chi connectivity index (χ1v) is 7.14. The summed E-state index contributed by atoms with van der Waals surface area (Å²) in [5, 5.41) is 3.70. The van der Waals surface area contributed by atoms with Gasteiger partial charge in [0.2, 0.25) is 0 Å². The minimum atomic E-state index is 0.674. The van der Waals surface area contributed by atoms with Gasteiger partial charge in [-0.25, -0.2) is 0 Å². The van der Waals surface area contributed by atoms with Gasteiger partial charge < -0.3 is 5.32 Å². The van der Waals surface area contributed by atoms with E-state index in [1.54, 1.807) is 5.56 Å². The predicted octanol–water partition coefficient (Wildman–Crippen LogP) is 3.81. The maximum atomic E-state index is 3.70. The average molecular weight is 229 g/mol. The molecule has 1 nitrogen and oxygen atoms in total. The molecule has 1 aliphatic carbocycles. The summed E-state index contributed by atoms with van der Waals surface area (Å²) in [7, 11) is 0. The molecule has 3 unspecified atom stereocenters. The zero-order valence-electron chi connectivity index (χ0n) is 10.9. The molecular weight excluding hydrogens is 206 g/mol. The van der Waals surface area contributed by atoms with Gasteiger partial charge in [0.1, 0.15) is 0 Å². The van der Waals surface area contributed by atoms with Crippen molar-refractivity contribution >= 4 is 0 Å². The minimum Gasteiger partial charge on any atom is -0.311 e. The summed E-state index contributed by atoms with van der Waals surface area (Å²) in [6.07, 6.45) is 5.33. The summed E-state index contributed by atoms with van der Waals surface area (Å²) in [5.74, 6) is 1.61. The van der Waals surface area contributed by atoms with Crippen LogP contribution in [0.25, 0.3) is 0 Å². The summed E-state index contributed by atoms with van der Waals surface area (Å²) in [6, 6.07) is 10.8. The molecule has 0 bridgehead atoms. The molecule has 1 aliphatic heterocycles. The molecule has 0 aromatic heterocycles.